The van der Waals surface area contributed by atoms with Crippen LogP contribution in [0.15, 0.2) is 24.3 Å². The van der Waals surface area contributed by atoms with Gasteiger partial charge < -0.3 is 4.90 Å². The number of hydrogen-bond donors (Lipinski definition) is 0. The Hall–Kier alpha value is -1.56. The lowest BCUT2D eigenvalue weighted by Gasteiger charge is -2.17. The Bertz CT molecular complexity index is 549. The van der Waals surface area contributed by atoms with Crippen LogP contribution < -0.4 is 4.31 Å². The quantitative estimate of drug-likeness (QED) is 0.801. The average Bonchev–Trinajstić information content (AvgIpc) is 2.68. The van der Waals surface area contributed by atoms with Crippen molar-refractivity contribution in [2.24, 2.45) is 0 Å². The second-order valence-electron chi connectivity index (χ2n) is 4.49. The number of amides is 1. The fourth-order valence-electron chi connectivity index (χ4n) is 1.96. The molecule has 2 rings (SSSR count). The summed E-state index contributed by atoms with van der Waals surface area (Å²) in [5.74, 6) is 0.108. The first-order chi connectivity index (χ1) is 8.42. The van der Waals surface area contributed by atoms with E-state index in [2.05, 4.69) is 0 Å². The minimum atomic E-state index is -3.15. The van der Waals surface area contributed by atoms with Crippen LogP contribution in [0.1, 0.15) is 16.8 Å². The van der Waals surface area contributed by atoms with Gasteiger partial charge in [-0.3, -0.25) is 9.10 Å². The van der Waals surface area contributed by atoms with Gasteiger partial charge >= 0.3 is 0 Å². The lowest BCUT2D eigenvalue weighted by molar-refractivity contribution is 0.0827. The van der Waals surface area contributed by atoms with E-state index < -0.39 is 10.0 Å². The maximum Gasteiger partial charge on any atom is 0.253 e. The van der Waals surface area contributed by atoms with Crippen molar-refractivity contribution in [3.05, 3.63) is 29.8 Å². The molecule has 0 atom stereocenters. The number of anilines is 1. The predicted octanol–water partition coefficient (Wildman–Crippen LogP) is 0.928. The third-order valence-corrected chi connectivity index (χ3v) is 4.78. The summed E-state index contributed by atoms with van der Waals surface area (Å²) in [5.41, 5.74) is 1.18. The minimum Gasteiger partial charge on any atom is -0.345 e. The van der Waals surface area contributed by atoms with Gasteiger partial charge in [0.2, 0.25) is 10.0 Å². The summed E-state index contributed by atoms with van der Waals surface area (Å²) in [7, 11) is 0.212. The van der Waals surface area contributed by atoms with Gasteiger partial charge in [-0.05, 0) is 30.7 Å². The summed E-state index contributed by atoms with van der Waals surface area (Å²) in [5, 5.41) is 0. The Kier molecular flexibility index (Phi) is 3.30. The van der Waals surface area contributed by atoms with Crippen molar-refractivity contribution < 1.29 is 13.2 Å². The molecule has 1 aromatic rings. The maximum absolute atomic E-state index is 11.7. The van der Waals surface area contributed by atoms with Crippen LogP contribution in [0.3, 0.4) is 0 Å². The molecule has 6 heteroatoms. The second-order valence-corrected chi connectivity index (χ2v) is 6.50. The number of hydrogen-bond acceptors (Lipinski definition) is 3. The summed E-state index contributed by atoms with van der Waals surface area (Å²) in [6, 6.07) is 6.68. The lowest BCUT2D eigenvalue weighted by atomic mass is 10.2. The van der Waals surface area contributed by atoms with Crippen molar-refractivity contribution in [3.8, 4) is 0 Å². The first-order valence-electron chi connectivity index (χ1n) is 5.74. The molecule has 0 aromatic heterocycles. The van der Waals surface area contributed by atoms with E-state index in [-0.39, 0.29) is 11.7 Å². The van der Waals surface area contributed by atoms with Gasteiger partial charge in [0.1, 0.15) is 0 Å². The molecule has 0 N–H and O–H groups in total. The SMILES string of the molecule is CN(C)C(=O)c1ccc(N2CCCS2(=O)=O)cc1. The molecule has 98 valence electrons. The van der Waals surface area contributed by atoms with Gasteiger partial charge in [0.15, 0.2) is 0 Å². The van der Waals surface area contributed by atoms with Crippen LogP contribution in [0.25, 0.3) is 0 Å². The number of rotatable bonds is 2. The minimum absolute atomic E-state index is 0.0918. The van der Waals surface area contributed by atoms with Gasteiger partial charge in [-0.1, -0.05) is 0 Å². The zero-order chi connectivity index (χ0) is 13.3. The van der Waals surface area contributed by atoms with Crippen molar-refractivity contribution in [2.75, 3.05) is 30.7 Å². The maximum atomic E-state index is 11.7. The van der Waals surface area contributed by atoms with Crippen molar-refractivity contribution in [2.45, 2.75) is 6.42 Å². The molecule has 1 aromatic carbocycles. The molecule has 0 radical (unpaired) electrons. The van der Waals surface area contributed by atoms with Crippen LogP contribution in [0.4, 0.5) is 5.69 Å². The Labute approximate surface area is 107 Å². The number of sulfonamides is 1. The number of nitrogens with zero attached hydrogens (tertiary/aromatic N) is 2. The molecule has 0 bridgehead atoms. The predicted molar refractivity (Wildman–Crippen MR) is 70.2 cm³/mol. The largest absolute Gasteiger partial charge is 0.345 e. The third-order valence-electron chi connectivity index (χ3n) is 2.91. The number of carbonyl (C=O) groups excluding carboxylic acids is 1. The van der Waals surface area contributed by atoms with E-state index in [0.29, 0.717) is 24.2 Å². The topological polar surface area (TPSA) is 57.7 Å². The van der Waals surface area contributed by atoms with E-state index in [9.17, 15) is 13.2 Å². The van der Waals surface area contributed by atoms with Crippen LogP contribution in [-0.2, 0) is 10.0 Å². The molecule has 0 aliphatic carbocycles. The van der Waals surface area contributed by atoms with Crippen LogP contribution >= 0.6 is 0 Å². The van der Waals surface area contributed by atoms with Crippen LogP contribution in [-0.4, -0.2) is 45.6 Å². The standard InChI is InChI=1S/C12H16N2O3S/c1-13(2)12(15)10-4-6-11(7-5-10)14-8-3-9-18(14,16)17/h4-7H,3,8-9H2,1-2H3. The molecule has 5 nitrogen and oxygen atoms in total. The molecule has 1 saturated heterocycles. The van der Waals surface area contributed by atoms with Crippen LogP contribution in [0, 0.1) is 0 Å². The van der Waals surface area contributed by atoms with Gasteiger partial charge in [-0.2, -0.15) is 0 Å². The monoisotopic (exact) mass is 268 g/mol. The van der Waals surface area contributed by atoms with E-state index >= 15 is 0 Å². The average molecular weight is 268 g/mol. The Morgan fingerprint density at radius 1 is 1.22 bits per heavy atom. The summed E-state index contributed by atoms with van der Waals surface area (Å²) in [6.45, 7) is 0.517. The van der Waals surface area contributed by atoms with Gasteiger partial charge in [0.05, 0.1) is 11.4 Å². The number of carbonyl (C=O) groups is 1. The third kappa shape index (κ3) is 2.33. The van der Waals surface area contributed by atoms with Crippen molar-refractivity contribution >= 4 is 21.6 Å². The highest BCUT2D eigenvalue weighted by Gasteiger charge is 2.28. The molecule has 1 fully saturated rings. The molecule has 18 heavy (non-hydrogen) atoms. The van der Waals surface area contributed by atoms with Gasteiger partial charge in [-0.25, -0.2) is 8.42 Å². The zero-order valence-electron chi connectivity index (χ0n) is 10.5. The first kappa shape index (κ1) is 12.9. The van der Waals surface area contributed by atoms with Crippen molar-refractivity contribution in [1.29, 1.82) is 0 Å². The van der Waals surface area contributed by atoms with Gasteiger partial charge in [0, 0.05) is 26.2 Å². The van der Waals surface area contributed by atoms with Crippen LogP contribution in [0.5, 0.6) is 0 Å². The lowest BCUT2D eigenvalue weighted by Crippen LogP contribution is -2.25. The second kappa shape index (κ2) is 4.61. The van der Waals surface area contributed by atoms with E-state index in [0.717, 1.165) is 0 Å². The van der Waals surface area contributed by atoms with E-state index in [1.807, 2.05) is 0 Å². The molecule has 0 spiro atoms. The van der Waals surface area contributed by atoms with E-state index in [1.54, 1.807) is 38.4 Å². The zero-order valence-corrected chi connectivity index (χ0v) is 11.3. The molecular formula is C12H16N2O3S. The molecular weight excluding hydrogens is 252 g/mol. The number of benzene rings is 1. The highest BCUT2D eigenvalue weighted by Crippen LogP contribution is 2.24. The highest BCUT2D eigenvalue weighted by atomic mass is 32.2. The van der Waals surface area contributed by atoms with E-state index in [4.69, 9.17) is 0 Å². The molecule has 1 aliphatic rings. The van der Waals surface area contributed by atoms with Gasteiger partial charge in [0.25, 0.3) is 5.91 Å². The molecule has 1 heterocycles. The smallest absolute Gasteiger partial charge is 0.253 e. The normalized spacial score (nSPS) is 17.8. The highest BCUT2D eigenvalue weighted by molar-refractivity contribution is 7.93. The molecule has 1 aliphatic heterocycles. The van der Waals surface area contributed by atoms with Crippen molar-refractivity contribution in [1.82, 2.24) is 4.90 Å². The van der Waals surface area contributed by atoms with Crippen molar-refractivity contribution in [3.63, 3.8) is 0 Å². The Morgan fingerprint density at radius 3 is 2.28 bits per heavy atom. The summed E-state index contributed by atoms with van der Waals surface area (Å²) >= 11 is 0. The van der Waals surface area contributed by atoms with Gasteiger partial charge in [-0.15, -0.1) is 0 Å². The Balaban J connectivity index is 2.26. The Morgan fingerprint density at radius 2 is 1.83 bits per heavy atom. The van der Waals surface area contributed by atoms with E-state index in [1.165, 1.54) is 9.21 Å². The summed E-state index contributed by atoms with van der Waals surface area (Å²) in [6.07, 6.45) is 0.653. The van der Waals surface area contributed by atoms with Crippen LogP contribution in [0.2, 0.25) is 0 Å². The molecule has 0 saturated carbocycles. The summed E-state index contributed by atoms with van der Waals surface area (Å²) < 4.78 is 24.9. The fraction of sp³-hybridized carbons (Fsp3) is 0.417. The molecule has 1 amide bonds. The summed E-state index contributed by atoms with van der Waals surface area (Å²) in [4.78, 5) is 13.2. The molecule has 0 unspecified atom stereocenters. The first-order valence-corrected chi connectivity index (χ1v) is 7.35. The fourth-order valence-corrected chi connectivity index (χ4v) is 3.52.